The molecular formula is C74H144O17P2. The lowest BCUT2D eigenvalue weighted by atomic mass is 10.0. The summed E-state index contributed by atoms with van der Waals surface area (Å²) >= 11 is 0. The number of phosphoric ester groups is 2. The van der Waals surface area contributed by atoms with E-state index in [9.17, 15) is 43.2 Å². The zero-order valence-electron chi connectivity index (χ0n) is 60.2. The molecule has 0 aliphatic carbocycles. The zero-order chi connectivity index (χ0) is 68.2. The van der Waals surface area contributed by atoms with E-state index in [1.165, 1.54) is 212 Å². The maximum absolute atomic E-state index is 13.1. The third kappa shape index (κ3) is 68.4. The lowest BCUT2D eigenvalue weighted by molar-refractivity contribution is -0.161. The number of phosphoric acid groups is 2. The quantitative estimate of drug-likeness (QED) is 0.0222. The standard InChI is InChI=1S/C74H144O17P2/c1-5-9-13-17-21-25-27-29-31-33-35-37-39-41-43-45-49-53-57-61-74(79)91-70(65-85-72(77)59-55-51-48-44-42-40-38-36-34-32-30-28-26-22-18-14-10-6-2)67-89-93(82,83)87-63-68(75)62-86-92(80,81)88-66-69(90-73(78)60-56-52-47-24-20-16-12-8-4)64-84-71(76)58-54-50-46-23-19-15-11-7-3/h68-70,75H,5-67H2,1-4H3,(H,80,81)(H,82,83)/t68-,69+,70+/m0/s1. The predicted molar refractivity (Wildman–Crippen MR) is 377 cm³/mol. The number of carbonyl (C=O) groups is 4. The van der Waals surface area contributed by atoms with Crippen LogP contribution in [0.2, 0.25) is 0 Å². The first-order chi connectivity index (χ1) is 45.2. The highest BCUT2D eigenvalue weighted by molar-refractivity contribution is 7.47. The SMILES string of the molecule is CCCCCCCCCCCCCCCCCCCCCC(=O)O[C@H](COC(=O)CCCCCCCCCCCCCCCCCCCC)COP(=O)(O)OC[C@@H](O)COP(=O)(O)OC[C@@H](COC(=O)CCCCCCCCCC)OC(=O)CCCCCCCCCC. The predicted octanol–water partition coefficient (Wildman–Crippen LogP) is 21.8. The van der Waals surface area contributed by atoms with Crippen molar-refractivity contribution >= 4 is 39.5 Å². The molecule has 0 aromatic carbocycles. The van der Waals surface area contributed by atoms with Crippen molar-refractivity contribution in [3.63, 3.8) is 0 Å². The molecule has 19 heteroatoms. The van der Waals surface area contributed by atoms with Crippen LogP contribution in [0.25, 0.3) is 0 Å². The number of aliphatic hydroxyl groups is 1. The Morgan fingerprint density at radius 1 is 0.258 bits per heavy atom. The van der Waals surface area contributed by atoms with E-state index in [0.717, 1.165) is 103 Å². The summed E-state index contributed by atoms with van der Waals surface area (Å²) in [4.78, 5) is 72.5. The van der Waals surface area contributed by atoms with Gasteiger partial charge in [-0.05, 0) is 25.7 Å². The number of hydrogen-bond acceptors (Lipinski definition) is 15. The normalized spacial score (nSPS) is 13.9. The molecule has 0 saturated heterocycles. The van der Waals surface area contributed by atoms with E-state index in [-0.39, 0.29) is 25.7 Å². The van der Waals surface area contributed by atoms with Crippen LogP contribution in [0.4, 0.5) is 0 Å². The molecule has 0 rings (SSSR count). The fourth-order valence-electron chi connectivity index (χ4n) is 11.4. The van der Waals surface area contributed by atoms with Gasteiger partial charge in [0.1, 0.15) is 19.3 Å². The molecule has 0 spiro atoms. The minimum atomic E-state index is -4.95. The molecule has 3 N–H and O–H groups in total. The molecule has 0 bridgehead atoms. The van der Waals surface area contributed by atoms with Crippen LogP contribution in [-0.4, -0.2) is 96.7 Å². The Morgan fingerprint density at radius 3 is 0.634 bits per heavy atom. The van der Waals surface area contributed by atoms with Gasteiger partial charge >= 0.3 is 39.5 Å². The summed E-state index contributed by atoms with van der Waals surface area (Å²) in [5.41, 5.74) is 0. The smallest absolute Gasteiger partial charge is 0.462 e. The topological polar surface area (TPSA) is 237 Å². The van der Waals surface area contributed by atoms with E-state index >= 15 is 0 Å². The monoisotopic (exact) mass is 1370 g/mol. The van der Waals surface area contributed by atoms with E-state index in [4.69, 9.17) is 37.0 Å². The van der Waals surface area contributed by atoms with Gasteiger partial charge in [-0.15, -0.1) is 0 Å². The van der Waals surface area contributed by atoms with Crippen LogP contribution in [-0.2, 0) is 65.4 Å². The lowest BCUT2D eigenvalue weighted by Crippen LogP contribution is -2.30. The largest absolute Gasteiger partial charge is 0.472 e. The van der Waals surface area contributed by atoms with Crippen molar-refractivity contribution in [3.05, 3.63) is 0 Å². The van der Waals surface area contributed by atoms with Crippen molar-refractivity contribution in [1.29, 1.82) is 0 Å². The zero-order valence-corrected chi connectivity index (χ0v) is 62.0. The Hall–Kier alpha value is -1.94. The summed E-state index contributed by atoms with van der Waals surface area (Å²) < 4.78 is 68.3. The molecule has 93 heavy (non-hydrogen) atoms. The maximum atomic E-state index is 13.1. The second-order valence-electron chi connectivity index (χ2n) is 26.7. The molecule has 0 aromatic heterocycles. The molecule has 0 saturated carbocycles. The number of hydrogen-bond donors (Lipinski definition) is 3. The van der Waals surface area contributed by atoms with Crippen molar-refractivity contribution in [2.75, 3.05) is 39.6 Å². The highest BCUT2D eigenvalue weighted by Crippen LogP contribution is 2.45. The average Bonchev–Trinajstić information content (AvgIpc) is 3.19. The van der Waals surface area contributed by atoms with Crippen LogP contribution < -0.4 is 0 Å². The molecule has 2 unspecified atom stereocenters. The Balaban J connectivity index is 5.15. The van der Waals surface area contributed by atoms with Gasteiger partial charge < -0.3 is 33.8 Å². The number of esters is 4. The van der Waals surface area contributed by atoms with E-state index in [2.05, 4.69) is 27.7 Å². The number of rotatable bonds is 75. The van der Waals surface area contributed by atoms with Crippen molar-refractivity contribution in [3.8, 4) is 0 Å². The summed E-state index contributed by atoms with van der Waals surface area (Å²) in [5, 5.41) is 10.6. The molecular weight excluding hydrogens is 1220 g/mol. The van der Waals surface area contributed by atoms with Crippen molar-refractivity contribution in [2.24, 2.45) is 0 Å². The molecule has 0 radical (unpaired) electrons. The van der Waals surface area contributed by atoms with Crippen LogP contribution in [0.15, 0.2) is 0 Å². The maximum Gasteiger partial charge on any atom is 0.472 e. The Morgan fingerprint density at radius 2 is 0.430 bits per heavy atom. The van der Waals surface area contributed by atoms with Crippen molar-refractivity contribution < 1.29 is 80.2 Å². The highest BCUT2D eigenvalue weighted by Gasteiger charge is 2.30. The summed E-state index contributed by atoms with van der Waals surface area (Å²) in [6, 6.07) is 0. The van der Waals surface area contributed by atoms with Gasteiger partial charge in [-0.3, -0.25) is 37.3 Å². The molecule has 0 aliphatic rings. The summed E-state index contributed by atoms with van der Waals surface area (Å²) in [7, 11) is -9.90. The molecule has 0 aromatic rings. The second-order valence-corrected chi connectivity index (χ2v) is 29.6. The van der Waals surface area contributed by atoms with Gasteiger partial charge in [0.15, 0.2) is 12.2 Å². The minimum absolute atomic E-state index is 0.105. The van der Waals surface area contributed by atoms with Crippen LogP contribution >= 0.6 is 15.6 Å². The summed E-state index contributed by atoms with van der Waals surface area (Å²) in [6.07, 6.45) is 58.5. The lowest BCUT2D eigenvalue weighted by Gasteiger charge is -2.21. The molecule has 0 fully saturated rings. The number of carbonyl (C=O) groups excluding carboxylic acids is 4. The molecule has 0 amide bonds. The fraction of sp³-hybridized carbons (Fsp3) is 0.946. The minimum Gasteiger partial charge on any atom is -0.462 e. The van der Waals surface area contributed by atoms with E-state index in [1.807, 2.05) is 0 Å². The van der Waals surface area contributed by atoms with E-state index in [0.29, 0.717) is 25.7 Å². The Bertz CT molecular complexity index is 1770. The second kappa shape index (κ2) is 68.6. The first-order valence-corrected chi connectivity index (χ1v) is 41.8. The Kier molecular flexibility index (Phi) is 67.1. The van der Waals surface area contributed by atoms with Gasteiger partial charge in [-0.2, -0.15) is 0 Å². The summed E-state index contributed by atoms with van der Waals surface area (Å²) in [6.45, 7) is 4.92. The molecule has 0 heterocycles. The van der Waals surface area contributed by atoms with Gasteiger partial charge in [-0.25, -0.2) is 9.13 Å². The third-order valence-corrected chi connectivity index (χ3v) is 19.3. The van der Waals surface area contributed by atoms with Gasteiger partial charge in [0, 0.05) is 25.7 Å². The molecule has 0 aliphatic heterocycles. The summed E-state index contributed by atoms with van der Waals surface area (Å²) in [5.74, 6) is -2.12. The van der Waals surface area contributed by atoms with Crippen LogP contribution in [0.3, 0.4) is 0 Å². The van der Waals surface area contributed by atoms with E-state index < -0.39 is 97.5 Å². The van der Waals surface area contributed by atoms with Crippen LogP contribution in [0, 0.1) is 0 Å². The van der Waals surface area contributed by atoms with Gasteiger partial charge in [0.25, 0.3) is 0 Å². The highest BCUT2D eigenvalue weighted by atomic mass is 31.2. The first-order valence-electron chi connectivity index (χ1n) is 38.8. The van der Waals surface area contributed by atoms with Crippen molar-refractivity contribution in [2.45, 2.75) is 412 Å². The number of ether oxygens (including phenoxy) is 4. The first kappa shape index (κ1) is 91.1. The number of unbranched alkanes of at least 4 members (excludes halogenated alkanes) is 49. The molecule has 17 nitrogen and oxygen atoms in total. The van der Waals surface area contributed by atoms with E-state index in [1.54, 1.807) is 0 Å². The van der Waals surface area contributed by atoms with Crippen LogP contribution in [0.1, 0.15) is 394 Å². The fourth-order valence-corrected chi connectivity index (χ4v) is 13.0. The Labute approximate surface area is 568 Å². The van der Waals surface area contributed by atoms with Gasteiger partial charge in [-0.1, -0.05) is 342 Å². The average molecular weight is 1370 g/mol. The third-order valence-electron chi connectivity index (χ3n) is 17.4. The van der Waals surface area contributed by atoms with Crippen LogP contribution in [0.5, 0.6) is 0 Å². The molecule has 552 valence electrons. The van der Waals surface area contributed by atoms with Crippen molar-refractivity contribution in [1.82, 2.24) is 0 Å². The number of aliphatic hydroxyl groups excluding tert-OH is 1. The van der Waals surface area contributed by atoms with Gasteiger partial charge in [0.2, 0.25) is 0 Å². The van der Waals surface area contributed by atoms with Gasteiger partial charge in [0.05, 0.1) is 26.4 Å². The molecule has 5 atom stereocenters.